The van der Waals surface area contributed by atoms with E-state index in [0.717, 1.165) is 18.5 Å². The van der Waals surface area contributed by atoms with Crippen molar-refractivity contribution in [2.75, 3.05) is 24.6 Å². The van der Waals surface area contributed by atoms with Gasteiger partial charge in [0.1, 0.15) is 10.7 Å². The highest BCUT2D eigenvalue weighted by atomic mass is 32.1. The fourth-order valence-electron chi connectivity index (χ4n) is 1.90. The molecule has 0 saturated heterocycles. The molecule has 1 heterocycles. The van der Waals surface area contributed by atoms with Crippen LogP contribution < -0.4 is 11.1 Å². The van der Waals surface area contributed by atoms with Gasteiger partial charge in [0.15, 0.2) is 5.13 Å². The Morgan fingerprint density at radius 1 is 1.38 bits per heavy atom. The first-order valence-corrected chi connectivity index (χ1v) is 7.73. The minimum Gasteiger partial charge on any atom is -0.382 e. The molecule has 0 aliphatic carbocycles. The van der Waals surface area contributed by atoms with Crippen molar-refractivity contribution >= 4 is 28.2 Å². The van der Waals surface area contributed by atoms with Crippen LogP contribution in [0.3, 0.4) is 0 Å². The number of nitrogens with two attached hydrogens (primary N) is 1. The molecular weight excluding hydrogens is 284 g/mol. The minimum atomic E-state index is -0.0987. The quantitative estimate of drug-likeness (QED) is 0.861. The fourth-order valence-corrected chi connectivity index (χ4v) is 2.80. The van der Waals surface area contributed by atoms with Gasteiger partial charge in [-0.25, -0.2) is 4.98 Å². The normalized spacial score (nSPS) is 10.4. The second kappa shape index (κ2) is 7.08. The molecule has 0 bridgehead atoms. The van der Waals surface area contributed by atoms with Gasteiger partial charge in [0, 0.05) is 20.1 Å². The lowest BCUT2D eigenvalue weighted by molar-refractivity contribution is 0.0790. The number of thiazole rings is 1. The predicted octanol–water partition coefficient (Wildman–Crippen LogP) is 2.82. The summed E-state index contributed by atoms with van der Waals surface area (Å²) in [6.45, 7) is 3.44. The van der Waals surface area contributed by atoms with E-state index in [1.807, 2.05) is 30.3 Å². The maximum atomic E-state index is 12.4. The van der Waals surface area contributed by atoms with Gasteiger partial charge >= 0.3 is 0 Å². The van der Waals surface area contributed by atoms with E-state index in [2.05, 4.69) is 17.2 Å². The van der Waals surface area contributed by atoms with E-state index in [1.54, 1.807) is 11.9 Å². The first-order valence-electron chi connectivity index (χ1n) is 6.91. The average molecular weight is 304 g/mol. The maximum absolute atomic E-state index is 12.4. The molecule has 0 fully saturated rings. The van der Waals surface area contributed by atoms with Crippen molar-refractivity contribution in [1.82, 2.24) is 9.88 Å². The van der Waals surface area contributed by atoms with Crippen LogP contribution in [0.5, 0.6) is 0 Å². The summed E-state index contributed by atoms with van der Waals surface area (Å²) in [5.41, 5.74) is 6.94. The summed E-state index contributed by atoms with van der Waals surface area (Å²) in [7, 11) is 1.77. The van der Waals surface area contributed by atoms with Crippen molar-refractivity contribution in [3.63, 3.8) is 0 Å². The Labute approximate surface area is 128 Å². The molecule has 112 valence electrons. The zero-order chi connectivity index (χ0) is 15.2. The van der Waals surface area contributed by atoms with E-state index >= 15 is 0 Å². The summed E-state index contributed by atoms with van der Waals surface area (Å²) in [6, 6.07) is 9.86. The molecule has 0 atom stereocenters. The highest BCUT2D eigenvalue weighted by Crippen LogP contribution is 2.26. The number of nitrogens with zero attached hydrogens (tertiary/aromatic N) is 2. The third kappa shape index (κ3) is 3.95. The number of benzene rings is 1. The molecule has 5 nitrogen and oxygen atoms in total. The number of aromatic nitrogens is 1. The Kier molecular flexibility index (Phi) is 5.16. The van der Waals surface area contributed by atoms with Crippen molar-refractivity contribution in [1.29, 1.82) is 0 Å². The van der Waals surface area contributed by atoms with E-state index in [0.29, 0.717) is 22.4 Å². The molecule has 1 aromatic carbocycles. The lowest BCUT2D eigenvalue weighted by atomic mass is 10.2. The van der Waals surface area contributed by atoms with Gasteiger partial charge in [-0.2, -0.15) is 0 Å². The van der Waals surface area contributed by atoms with E-state index in [1.165, 1.54) is 11.3 Å². The third-order valence-corrected chi connectivity index (χ3v) is 4.00. The molecule has 3 N–H and O–H groups in total. The van der Waals surface area contributed by atoms with E-state index in [9.17, 15) is 4.79 Å². The molecule has 0 saturated carbocycles. The summed E-state index contributed by atoms with van der Waals surface area (Å²) < 4.78 is 0. The lowest BCUT2D eigenvalue weighted by Crippen LogP contribution is -2.26. The van der Waals surface area contributed by atoms with Crippen molar-refractivity contribution in [3.05, 3.63) is 40.8 Å². The van der Waals surface area contributed by atoms with Gasteiger partial charge in [0.2, 0.25) is 0 Å². The number of nitrogen functional groups attached to an aromatic ring is 1. The smallest absolute Gasteiger partial charge is 0.267 e. The van der Waals surface area contributed by atoms with Gasteiger partial charge in [-0.1, -0.05) is 48.6 Å². The molecule has 2 rings (SSSR count). The molecule has 0 radical (unpaired) electrons. The summed E-state index contributed by atoms with van der Waals surface area (Å²) in [5.74, 6) is 0.196. The number of amides is 1. The molecular formula is C15H20N4OS. The predicted molar refractivity (Wildman–Crippen MR) is 87.5 cm³/mol. The van der Waals surface area contributed by atoms with Crippen LogP contribution in [0, 0.1) is 0 Å². The van der Waals surface area contributed by atoms with E-state index in [4.69, 9.17) is 5.73 Å². The van der Waals surface area contributed by atoms with Gasteiger partial charge < -0.3 is 16.0 Å². The number of rotatable bonds is 6. The number of carbonyl (C=O) groups is 1. The Balaban J connectivity index is 2.06. The highest BCUT2D eigenvalue weighted by Gasteiger charge is 2.19. The zero-order valence-corrected chi connectivity index (χ0v) is 13.1. The van der Waals surface area contributed by atoms with Gasteiger partial charge in [-0.05, 0) is 12.0 Å². The largest absolute Gasteiger partial charge is 0.382 e. The SMILES string of the molecule is CCCNc1nc(N)c(C(=O)N(C)Cc2ccccc2)s1. The molecule has 0 aliphatic heterocycles. The van der Waals surface area contributed by atoms with Crippen LogP contribution in [-0.4, -0.2) is 29.4 Å². The lowest BCUT2D eigenvalue weighted by Gasteiger charge is -2.16. The van der Waals surface area contributed by atoms with Gasteiger partial charge in [-0.15, -0.1) is 0 Å². The second-order valence-corrected chi connectivity index (χ2v) is 5.81. The monoisotopic (exact) mass is 304 g/mol. The summed E-state index contributed by atoms with van der Waals surface area (Å²) in [4.78, 5) is 18.8. The fraction of sp³-hybridized carbons (Fsp3) is 0.333. The zero-order valence-electron chi connectivity index (χ0n) is 12.3. The maximum Gasteiger partial charge on any atom is 0.267 e. The molecule has 2 aromatic rings. The summed E-state index contributed by atoms with van der Waals surface area (Å²) in [6.07, 6.45) is 0.997. The molecule has 1 amide bonds. The Bertz CT molecular complexity index is 597. The van der Waals surface area contributed by atoms with Crippen LogP contribution in [0.4, 0.5) is 10.9 Å². The second-order valence-electron chi connectivity index (χ2n) is 4.81. The first kappa shape index (κ1) is 15.3. The van der Waals surface area contributed by atoms with Gasteiger partial charge in [0.05, 0.1) is 0 Å². The Morgan fingerprint density at radius 2 is 2.10 bits per heavy atom. The standard InChI is InChI=1S/C15H20N4OS/c1-3-9-17-15-18-13(16)12(21-15)14(20)19(2)10-11-7-5-4-6-8-11/h4-8H,3,9-10,16H2,1-2H3,(H,17,18). The van der Waals surface area contributed by atoms with Crippen LogP contribution in [0.2, 0.25) is 0 Å². The number of carbonyl (C=O) groups excluding carboxylic acids is 1. The van der Waals surface area contributed by atoms with Crippen LogP contribution in [0.15, 0.2) is 30.3 Å². The van der Waals surface area contributed by atoms with Crippen LogP contribution in [-0.2, 0) is 6.54 Å². The summed E-state index contributed by atoms with van der Waals surface area (Å²) >= 11 is 1.31. The third-order valence-electron chi connectivity index (χ3n) is 2.98. The van der Waals surface area contributed by atoms with Gasteiger partial charge in [0.25, 0.3) is 5.91 Å². The van der Waals surface area contributed by atoms with Crippen LogP contribution in [0.25, 0.3) is 0 Å². The van der Waals surface area contributed by atoms with Crippen LogP contribution in [0.1, 0.15) is 28.6 Å². The van der Waals surface area contributed by atoms with Crippen LogP contribution >= 0.6 is 11.3 Å². The number of hydrogen-bond donors (Lipinski definition) is 2. The minimum absolute atomic E-state index is 0.0987. The first-order chi connectivity index (χ1) is 10.1. The molecule has 6 heteroatoms. The number of nitrogens with one attached hydrogen (secondary N) is 1. The van der Waals surface area contributed by atoms with Crippen molar-refractivity contribution in [2.24, 2.45) is 0 Å². The number of hydrogen-bond acceptors (Lipinski definition) is 5. The van der Waals surface area contributed by atoms with Crippen molar-refractivity contribution in [2.45, 2.75) is 19.9 Å². The molecule has 1 aromatic heterocycles. The number of anilines is 2. The molecule has 0 aliphatic rings. The summed E-state index contributed by atoms with van der Waals surface area (Å²) in [5, 5.41) is 3.86. The average Bonchev–Trinajstić information content (AvgIpc) is 2.86. The molecule has 0 spiro atoms. The molecule has 0 unspecified atom stereocenters. The highest BCUT2D eigenvalue weighted by molar-refractivity contribution is 7.18. The topological polar surface area (TPSA) is 71.2 Å². The van der Waals surface area contributed by atoms with E-state index < -0.39 is 0 Å². The van der Waals surface area contributed by atoms with Crippen molar-refractivity contribution < 1.29 is 4.79 Å². The van der Waals surface area contributed by atoms with Gasteiger partial charge in [-0.3, -0.25) is 4.79 Å². The Hall–Kier alpha value is -2.08. The van der Waals surface area contributed by atoms with Crippen molar-refractivity contribution in [3.8, 4) is 0 Å². The Morgan fingerprint density at radius 3 is 2.76 bits per heavy atom. The molecule has 21 heavy (non-hydrogen) atoms. The van der Waals surface area contributed by atoms with E-state index in [-0.39, 0.29) is 5.91 Å².